The minimum Gasteiger partial charge on any atom is -0.456 e. The summed E-state index contributed by atoms with van der Waals surface area (Å²) >= 11 is 0. The van der Waals surface area contributed by atoms with Crippen molar-refractivity contribution in [2.75, 3.05) is 9.80 Å². The van der Waals surface area contributed by atoms with E-state index in [1.54, 1.807) is 0 Å². The quantitative estimate of drug-likeness (QED) is 0.174. The van der Waals surface area contributed by atoms with Crippen LogP contribution in [0, 0.1) is 0 Å². The summed E-state index contributed by atoms with van der Waals surface area (Å²) in [6.45, 7) is 0.0795. The first-order valence-electron chi connectivity index (χ1n) is 17.5. The number of nitrogens with zero attached hydrogens (tertiary/aromatic N) is 2. The first-order valence-corrected chi connectivity index (χ1v) is 17.5. The second-order valence-electron chi connectivity index (χ2n) is 13.7. The zero-order valence-corrected chi connectivity index (χ0v) is 27.4. The van der Waals surface area contributed by atoms with Gasteiger partial charge in [-0.1, -0.05) is 84.9 Å². The number of rotatable bonds is 2. The summed E-state index contributed by atoms with van der Waals surface area (Å²) < 4.78 is 12.8. The molecule has 0 fully saturated rings. The second kappa shape index (κ2) is 9.93. The molecule has 0 atom stereocenters. The van der Waals surface area contributed by atoms with Crippen LogP contribution in [0.3, 0.4) is 0 Å². The van der Waals surface area contributed by atoms with Crippen LogP contribution in [-0.2, 0) is 0 Å². The van der Waals surface area contributed by atoms with Crippen molar-refractivity contribution in [3.8, 4) is 0 Å². The van der Waals surface area contributed by atoms with Crippen molar-refractivity contribution in [3.05, 3.63) is 164 Å². The Hall–Kier alpha value is -6.72. The fourth-order valence-electron chi connectivity index (χ4n) is 8.83. The summed E-state index contributed by atoms with van der Waals surface area (Å²) in [5, 5.41) is 6.90. The molecule has 5 heteroatoms. The molecule has 4 heterocycles. The Morgan fingerprint density at radius 1 is 0.353 bits per heavy atom. The molecule has 0 bridgehead atoms. The highest BCUT2D eigenvalue weighted by Gasteiger charge is 2.42. The van der Waals surface area contributed by atoms with Gasteiger partial charge in [0.25, 0.3) is 6.71 Å². The normalized spacial score (nSPS) is 13.4. The zero-order valence-electron chi connectivity index (χ0n) is 27.4. The number of para-hydroxylation sites is 3. The monoisotopic (exact) mass is 650 g/mol. The van der Waals surface area contributed by atoms with Gasteiger partial charge < -0.3 is 18.6 Å². The van der Waals surface area contributed by atoms with Crippen LogP contribution in [0.15, 0.2) is 173 Å². The summed E-state index contributed by atoms with van der Waals surface area (Å²) in [4.78, 5) is 4.86. The molecule has 0 saturated heterocycles. The van der Waals surface area contributed by atoms with Gasteiger partial charge in [0, 0.05) is 61.7 Å². The van der Waals surface area contributed by atoms with E-state index in [2.05, 4.69) is 161 Å². The van der Waals surface area contributed by atoms with Crippen molar-refractivity contribution >= 4 is 112 Å². The molecular weight excluding hydrogens is 623 g/mol. The van der Waals surface area contributed by atoms with Crippen molar-refractivity contribution in [1.82, 2.24) is 0 Å². The molecule has 236 valence electrons. The number of furan rings is 2. The molecule has 0 saturated carbocycles. The molecule has 2 aromatic heterocycles. The summed E-state index contributed by atoms with van der Waals surface area (Å²) in [6.07, 6.45) is 0. The Morgan fingerprint density at radius 2 is 0.882 bits per heavy atom. The predicted octanol–water partition coefficient (Wildman–Crippen LogP) is 10.7. The Labute approximate surface area is 293 Å². The van der Waals surface area contributed by atoms with Gasteiger partial charge in [-0.05, 0) is 100.0 Å². The molecule has 2 aliphatic heterocycles. The van der Waals surface area contributed by atoms with Crippen LogP contribution in [0.25, 0.3) is 54.6 Å². The number of benzene rings is 8. The minimum absolute atomic E-state index is 0.0795. The first kappa shape index (κ1) is 27.1. The van der Waals surface area contributed by atoms with Gasteiger partial charge in [-0.25, -0.2) is 0 Å². The molecule has 8 aromatic carbocycles. The molecule has 12 rings (SSSR count). The largest absolute Gasteiger partial charge is 0.456 e. The number of anilines is 6. The van der Waals surface area contributed by atoms with E-state index >= 15 is 0 Å². The molecule has 51 heavy (non-hydrogen) atoms. The predicted molar refractivity (Wildman–Crippen MR) is 213 cm³/mol. The molecule has 0 amide bonds. The maximum absolute atomic E-state index is 6.42. The average molecular weight is 651 g/mol. The fourth-order valence-corrected chi connectivity index (χ4v) is 8.83. The van der Waals surface area contributed by atoms with Crippen molar-refractivity contribution in [2.45, 2.75) is 0 Å². The van der Waals surface area contributed by atoms with E-state index in [1.807, 2.05) is 12.1 Å². The van der Waals surface area contributed by atoms with E-state index in [4.69, 9.17) is 8.83 Å². The molecular formula is C46H27BN2O2. The third-order valence-corrected chi connectivity index (χ3v) is 11.0. The molecule has 2 aliphatic rings. The van der Waals surface area contributed by atoms with Crippen molar-refractivity contribution < 1.29 is 8.83 Å². The number of fused-ring (bicyclic) bond motifs is 11. The van der Waals surface area contributed by atoms with E-state index < -0.39 is 0 Å². The van der Waals surface area contributed by atoms with E-state index in [-0.39, 0.29) is 6.71 Å². The molecule has 10 aromatic rings. The molecule has 0 radical (unpaired) electrons. The van der Waals surface area contributed by atoms with Crippen LogP contribution in [0.1, 0.15) is 0 Å². The Morgan fingerprint density at radius 3 is 1.65 bits per heavy atom. The number of hydrogen-bond donors (Lipinski definition) is 0. The Kier molecular flexibility index (Phi) is 5.29. The topological polar surface area (TPSA) is 32.8 Å². The zero-order chi connectivity index (χ0) is 33.2. The summed E-state index contributed by atoms with van der Waals surface area (Å²) in [5.41, 5.74) is 14.4. The lowest BCUT2D eigenvalue weighted by Gasteiger charge is -2.44. The van der Waals surface area contributed by atoms with Crippen LogP contribution in [0.4, 0.5) is 34.1 Å². The van der Waals surface area contributed by atoms with Gasteiger partial charge in [-0.2, -0.15) is 0 Å². The van der Waals surface area contributed by atoms with E-state index in [0.717, 1.165) is 55.3 Å². The van der Waals surface area contributed by atoms with Gasteiger partial charge in [-0.15, -0.1) is 0 Å². The highest BCUT2D eigenvalue weighted by molar-refractivity contribution is 7.00. The van der Waals surface area contributed by atoms with Gasteiger partial charge in [-0.3, -0.25) is 0 Å². The molecule has 0 N–H and O–H groups in total. The second-order valence-corrected chi connectivity index (χ2v) is 13.7. The Balaban J connectivity index is 1.10. The molecule has 0 aliphatic carbocycles. The molecule has 0 unspecified atom stereocenters. The van der Waals surface area contributed by atoms with Gasteiger partial charge in [0.2, 0.25) is 0 Å². The van der Waals surface area contributed by atoms with Crippen LogP contribution >= 0.6 is 0 Å². The smallest absolute Gasteiger partial charge is 0.252 e. The van der Waals surface area contributed by atoms with Crippen molar-refractivity contribution in [3.63, 3.8) is 0 Å². The van der Waals surface area contributed by atoms with Crippen LogP contribution in [0.5, 0.6) is 0 Å². The summed E-state index contributed by atoms with van der Waals surface area (Å²) in [5.74, 6) is 0. The standard InChI is InChI=1S/C46H27BN2O2/c1-2-11-29-25-44-34(24-28(29)10-1)35-26-30(21-23-43(35)51-44)48-38-15-6-4-13-36(38)47-37-14-5-7-16-39(37)49(41-18-9-17-40(48)46(41)47)31-20-22-33-32-12-3-8-19-42(32)50-45(33)27-31/h1-27H. The van der Waals surface area contributed by atoms with Gasteiger partial charge in [0.05, 0.1) is 0 Å². The SMILES string of the molecule is c1ccc2c(c1)B1c3ccccc3N(c3ccc4oc5cc6ccccc6cc5c4c3)c3cccc(c31)N2c1ccc2c(c1)oc1ccccc12. The first-order chi connectivity index (χ1) is 25.3. The van der Waals surface area contributed by atoms with Gasteiger partial charge in [0.15, 0.2) is 0 Å². The lowest BCUT2D eigenvalue weighted by molar-refractivity contribution is 0.669. The summed E-state index contributed by atoms with van der Waals surface area (Å²) in [7, 11) is 0. The maximum Gasteiger partial charge on any atom is 0.252 e. The maximum atomic E-state index is 6.42. The lowest BCUT2D eigenvalue weighted by atomic mass is 9.33. The highest BCUT2D eigenvalue weighted by atomic mass is 16.3. The van der Waals surface area contributed by atoms with Crippen molar-refractivity contribution in [1.29, 1.82) is 0 Å². The van der Waals surface area contributed by atoms with Crippen LogP contribution in [-0.4, -0.2) is 6.71 Å². The van der Waals surface area contributed by atoms with E-state index in [0.29, 0.717) is 0 Å². The van der Waals surface area contributed by atoms with Gasteiger partial charge >= 0.3 is 0 Å². The van der Waals surface area contributed by atoms with Crippen molar-refractivity contribution in [2.24, 2.45) is 0 Å². The third-order valence-electron chi connectivity index (χ3n) is 11.0. The third kappa shape index (κ3) is 3.70. The fraction of sp³-hybridized carbons (Fsp3) is 0. The van der Waals surface area contributed by atoms with E-state index in [9.17, 15) is 0 Å². The van der Waals surface area contributed by atoms with Crippen LogP contribution < -0.4 is 26.2 Å². The molecule has 4 nitrogen and oxygen atoms in total. The summed E-state index contributed by atoms with van der Waals surface area (Å²) in [6, 6.07) is 59.0. The van der Waals surface area contributed by atoms with Crippen LogP contribution in [0.2, 0.25) is 0 Å². The number of hydrogen-bond acceptors (Lipinski definition) is 4. The Bertz CT molecular complexity index is 3080. The van der Waals surface area contributed by atoms with E-state index in [1.165, 1.54) is 49.9 Å². The average Bonchev–Trinajstić information content (AvgIpc) is 3.73. The van der Waals surface area contributed by atoms with Gasteiger partial charge in [0.1, 0.15) is 22.3 Å². The molecule has 0 spiro atoms. The lowest BCUT2D eigenvalue weighted by Crippen LogP contribution is -2.61. The minimum atomic E-state index is 0.0795. The highest BCUT2D eigenvalue weighted by Crippen LogP contribution is 2.45.